The van der Waals surface area contributed by atoms with E-state index in [0.717, 1.165) is 51.0 Å². The first-order valence-electron chi connectivity index (χ1n) is 9.69. The first kappa shape index (κ1) is 19.1. The zero-order chi connectivity index (χ0) is 18.7. The van der Waals surface area contributed by atoms with Crippen LogP contribution >= 0.6 is 0 Å². The molecule has 2 aliphatic rings. The molecule has 2 saturated heterocycles. The monoisotopic (exact) mass is 360 g/mol. The van der Waals surface area contributed by atoms with Crippen molar-refractivity contribution in [1.29, 1.82) is 0 Å². The fourth-order valence-electron chi connectivity index (χ4n) is 3.83. The molecule has 2 fully saturated rings. The van der Waals surface area contributed by atoms with Gasteiger partial charge in [0.15, 0.2) is 0 Å². The summed E-state index contributed by atoms with van der Waals surface area (Å²) in [6.07, 6.45) is 6.72. The van der Waals surface area contributed by atoms with Crippen LogP contribution in [0.5, 0.6) is 0 Å². The summed E-state index contributed by atoms with van der Waals surface area (Å²) in [5.41, 5.74) is 2.86. The molecule has 0 aliphatic carbocycles. The third-order valence-electron chi connectivity index (χ3n) is 5.70. The number of piperidine rings is 1. The third kappa shape index (κ3) is 4.54. The van der Waals surface area contributed by atoms with Gasteiger partial charge in [0.2, 0.25) is 0 Å². The predicted octanol–water partition coefficient (Wildman–Crippen LogP) is 2.44. The molecule has 1 N–H and O–H groups in total. The van der Waals surface area contributed by atoms with E-state index in [4.69, 9.17) is 4.74 Å². The number of hydrogen-bond acceptors (Lipinski definition) is 4. The van der Waals surface area contributed by atoms with Gasteiger partial charge in [-0.25, -0.2) is 0 Å². The minimum atomic E-state index is -0.116. The molecule has 0 bridgehead atoms. The van der Waals surface area contributed by atoms with Gasteiger partial charge < -0.3 is 10.1 Å². The second-order valence-electron chi connectivity index (χ2n) is 8.05. The van der Waals surface area contributed by atoms with E-state index < -0.39 is 0 Å². The molecule has 0 radical (unpaired) electrons. The lowest BCUT2D eigenvalue weighted by atomic mass is 9.88. The number of nitrogens with zero attached hydrogens (tertiary/aromatic N) is 3. The van der Waals surface area contributed by atoms with E-state index in [0.29, 0.717) is 12.2 Å². The molecule has 1 spiro atoms. The predicted molar refractivity (Wildman–Crippen MR) is 102 cm³/mol. The van der Waals surface area contributed by atoms with Gasteiger partial charge in [-0.05, 0) is 52.5 Å². The first-order valence-corrected chi connectivity index (χ1v) is 9.69. The van der Waals surface area contributed by atoms with Crippen LogP contribution in [-0.2, 0) is 11.8 Å². The van der Waals surface area contributed by atoms with E-state index in [1.807, 2.05) is 20.0 Å². The van der Waals surface area contributed by atoms with Crippen molar-refractivity contribution in [3.05, 3.63) is 29.1 Å². The Kier molecular flexibility index (Phi) is 5.82. The van der Waals surface area contributed by atoms with Crippen LogP contribution in [0.4, 0.5) is 0 Å². The Balaban J connectivity index is 1.44. The van der Waals surface area contributed by atoms with Crippen LogP contribution in [-0.4, -0.2) is 58.5 Å². The van der Waals surface area contributed by atoms with Crippen molar-refractivity contribution < 1.29 is 9.53 Å². The molecule has 0 aromatic carbocycles. The van der Waals surface area contributed by atoms with Crippen LogP contribution in [0.25, 0.3) is 0 Å². The molecule has 1 aromatic heterocycles. The highest BCUT2D eigenvalue weighted by atomic mass is 16.5. The first-order chi connectivity index (χ1) is 12.4. The zero-order valence-corrected chi connectivity index (χ0v) is 16.5. The number of amides is 1. The van der Waals surface area contributed by atoms with Gasteiger partial charge in [-0.1, -0.05) is 11.6 Å². The summed E-state index contributed by atoms with van der Waals surface area (Å²) >= 11 is 0. The second kappa shape index (κ2) is 7.92. The number of nitrogens with one attached hydrogen (secondary N) is 1. The largest absolute Gasteiger partial charge is 0.370 e. The summed E-state index contributed by atoms with van der Waals surface area (Å²) in [4.78, 5) is 14.8. The number of likely N-dealkylation sites (tertiary alicyclic amines) is 1. The normalized spacial score (nSPS) is 22.5. The smallest absolute Gasteiger partial charge is 0.271 e. The van der Waals surface area contributed by atoms with Crippen LogP contribution in [0.2, 0.25) is 0 Å². The molecule has 6 nitrogen and oxygen atoms in total. The SMILES string of the molecule is CC(C)=CCN1CCC2(CC[C@H](CNC(=O)c3cc(C)n(C)n3)O2)CC1. The highest BCUT2D eigenvalue weighted by Crippen LogP contribution is 2.38. The lowest BCUT2D eigenvalue weighted by Gasteiger charge is -2.39. The summed E-state index contributed by atoms with van der Waals surface area (Å²) in [7, 11) is 1.85. The Morgan fingerprint density at radius 2 is 2.12 bits per heavy atom. The number of aryl methyl sites for hydroxylation is 2. The fraction of sp³-hybridized carbons (Fsp3) is 0.700. The molecule has 6 heteroatoms. The van der Waals surface area contributed by atoms with Gasteiger partial charge in [-0.3, -0.25) is 14.4 Å². The number of rotatable bonds is 5. The van der Waals surface area contributed by atoms with Crippen molar-refractivity contribution in [1.82, 2.24) is 20.0 Å². The van der Waals surface area contributed by atoms with E-state index in [1.165, 1.54) is 5.57 Å². The topological polar surface area (TPSA) is 59.4 Å². The lowest BCUT2D eigenvalue weighted by Crippen LogP contribution is -2.45. The Morgan fingerprint density at radius 3 is 2.73 bits per heavy atom. The van der Waals surface area contributed by atoms with E-state index >= 15 is 0 Å². The van der Waals surface area contributed by atoms with Crippen LogP contribution in [0.1, 0.15) is 55.7 Å². The van der Waals surface area contributed by atoms with Gasteiger partial charge in [-0.15, -0.1) is 0 Å². The third-order valence-corrected chi connectivity index (χ3v) is 5.70. The molecule has 1 aromatic rings. The van der Waals surface area contributed by atoms with Gasteiger partial charge >= 0.3 is 0 Å². The maximum Gasteiger partial charge on any atom is 0.271 e. The molecule has 1 atom stereocenters. The standard InChI is InChI=1S/C20H32N4O2/c1-15(2)6-10-24-11-8-20(9-12-24)7-5-17(26-20)14-21-19(25)18-13-16(3)23(4)22-18/h6,13,17H,5,7-12,14H2,1-4H3,(H,21,25)/t17-/m1/s1. The maximum atomic E-state index is 12.2. The van der Waals surface area contributed by atoms with Crippen molar-refractivity contribution in [2.75, 3.05) is 26.2 Å². The van der Waals surface area contributed by atoms with E-state index in [2.05, 4.69) is 35.2 Å². The maximum absolute atomic E-state index is 12.2. The van der Waals surface area contributed by atoms with Crippen molar-refractivity contribution >= 4 is 5.91 Å². The van der Waals surface area contributed by atoms with Crippen molar-refractivity contribution in [3.8, 4) is 0 Å². The number of carbonyl (C=O) groups excluding carboxylic acids is 1. The number of ether oxygens (including phenoxy) is 1. The van der Waals surface area contributed by atoms with E-state index in [9.17, 15) is 4.79 Å². The summed E-state index contributed by atoms with van der Waals surface area (Å²) in [6.45, 7) is 10.0. The molecule has 3 rings (SSSR count). The minimum Gasteiger partial charge on any atom is -0.370 e. The Labute approximate surface area is 156 Å². The lowest BCUT2D eigenvalue weighted by molar-refractivity contribution is -0.0741. The Bertz CT molecular complexity index is 648. The Hall–Kier alpha value is -1.66. The number of allylic oxidation sites excluding steroid dienone is 1. The summed E-state index contributed by atoms with van der Waals surface area (Å²) < 4.78 is 8.12. The van der Waals surface area contributed by atoms with Crippen LogP contribution in [0, 0.1) is 6.92 Å². The molecule has 26 heavy (non-hydrogen) atoms. The number of hydrogen-bond donors (Lipinski definition) is 1. The summed E-state index contributed by atoms with van der Waals surface area (Å²) in [5, 5.41) is 7.22. The van der Waals surface area contributed by atoms with Gasteiger partial charge in [0.05, 0.1) is 11.7 Å². The van der Waals surface area contributed by atoms with Gasteiger partial charge in [0.1, 0.15) is 5.69 Å². The van der Waals surface area contributed by atoms with Crippen molar-refractivity contribution in [2.45, 2.75) is 58.2 Å². The minimum absolute atomic E-state index is 0.0262. The number of carbonyl (C=O) groups is 1. The van der Waals surface area contributed by atoms with Crippen LogP contribution in [0.3, 0.4) is 0 Å². The Morgan fingerprint density at radius 1 is 1.38 bits per heavy atom. The van der Waals surface area contributed by atoms with Gasteiger partial charge in [0.25, 0.3) is 5.91 Å². The van der Waals surface area contributed by atoms with E-state index in [1.54, 1.807) is 4.68 Å². The quantitative estimate of drug-likeness (QED) is 0.820. The zero-order valence-electron chi connectivity index (χ0n) is 16.5. The average Bonchev–Trinajstić information content (AvgIpc) is 3.16. The van der Waals surface area contributed by atoms with E-state index in [-0.39, 0.29) is 17.6 Å². The summed E-state index contributed by atoms with van der Waals surface area (Å²) in [5.74, 6) is -0.116. The highest BCUT2D eigenvalue weighted by molar-refractivity contribution is 5.92. The van der Waals surface area contributed by atoms with Crippen molar-refractivity contribution in [3.63, 3.8) is 0 Å². The molecule has 1 amide bonds. The fourth-order valence-corrected chi connectivity index (χ4v) is 3.83. The van der Waals surface area contributed by atoms with Crippen LogP contribution in [0.15, 0.2) is 17.7 Å². The molecular formula is C20H32N4O2. The second-order valence-corrected chi connectivity index (χ2v) is 8.05. The molecule has 144 valence electrons. The molecule has 3 heterocycles. The molecular weight excluding hydrogens is 328 g/mol. The van der Waals surface area contributed by atoms with Crippen molar-refractivity contribution in [2.24, 2.45) is 7.05 Å². The van der Waals surface area contributed by atoms with Gasteiger partial charge in [0, 0.05) is 38.9 Å². The number of aromatic nitrogens is 2. The van der Waals surface area contributed by atoms with Crippen LogP contribution < -0.4 is 5.32 Å². The van der Waals surface area contributed by atoms with Gasteiger partial charge in [-0.2, -0.15) is 5.10 Å². The molecule has 0 unspecified atom stereocenters. The average molecular weight is 361 g/mol. The summed E-state index contributed by atoms with van der Waals surface area (Å²) in [6, 6.07) is 1.81. The molecule has 0 saturated carbocycles. The highest BCUT2D eigenvalue weighted by Gasteiger charge is 2.42. The molecule has 2 aliphatic heterocycles.